The summed E-state index contributed by atoms with van der Waals surface area (Å²) in [5.41, 5.74) is 7.39. The lowest BCUT2D eigenvalue weighted by molar-refractivity contribution is 0.173. The van der Waals surface area contributed by atoms with Crippen LogP contribution in [0.15, 0.2) is 40.5 Å². The first-order chi connectivity index (χ1) is 13.2. The Morgan fingerprint density at radius 3 is 2.89 bits per heavy atom. The summed E-state index contributed by atoms with van der Waals surface area (Å²) in [6.07, 6.45) is 4.46. The van der Waals surface area contributed by atoms with Crippen LogP contribution < -0.4 is 10.5 Å². The van der Waals surface area contributed by atoms with E-state index in [1.807, 2.05) is 28.8 Å². The lowest BCUT2D eigenvalue weighted by Crippen LogP contribution is -2.06. The Morgan fingerprint density at radius 2 is 2.07 bits per heavy atom. The second-order valence-electron chi connectivity index (χ2n) is 5.82. The van der Waals surface area contributed by atoms with Gasteiger partial charge in [0.15, 0.2) is 5.65 Å². The van der Waals surface area contributed by atoms with Gasteiger partial charge in [0.1, 0.15) is 16.3 Å². The van der Waals surface area contributed by atoms with Crippen molar-refractivity contribution >= 4 is 38.1 Å². The number of nitrogen functional groups attached to an aromatic ring is 1. The van der Waals surface area contributed by atoms with Gasteiger partial charge in [-0.25, -0.2) is 9.97 Å². The second-order valence-corrected chi connectivity index (χ2v) is 7.19. The third kappa shape index (κ3) is 5.09. The van der Waals surface area contributed by atoms with Crippen LogP contribution in [0.25, 0.3) is 11.2 Å². The van der Waals surface area contributed by atoms with Crippen molar-refractivity contribution < 1.29 is 9.47 Å². The van der Waals surface area contributed by atoms with Gasteiger partial charge in [-0.3, -0.25) is 0 Å². The first-order valence-corrected chi connectivity index (χ1v) is 10.5. The number of nitrogens with zero attached hydrogens (tertiary/aromatic N) is 4. The van der Waals surface area contributed by atoms with Gasteiger partial charge in [0.25, 0.3) is 0 Å². The maximum atomic E-state index is 5.96. The first-order valence-electron chi connectivity index (χ1n) is 8.88. The van der Waals surface area contributed by atoms with Gasteiger partial charge < -0.3 is 19.8 Å². The fraction of sp³-hybridized carbons (Fsp3) is 0.389. The Morgan fingerprint density at radius 1 is 1.22 bits per heavy atom. The van der Waals surface area contributed by atoms with Crippen molar-refractivity contribution in [1.29, 1.82) is 0 Å². The molecule has 27 heavy (non-hydrogen) atoms. The molecule has 9 heteroatoms. The Labute approximate surface area is 165 Å². The normalized spacial score (nSPS) is 11.2. The standard InChI is InChI=1S/C18H24N5O2PS/c1-2-3-9-25-13-6-4-5-7-14(13)27-17-15-16(21-18(19)22-17)23(11-20-15)8-10-24-12-26/h4-7,11H,2-3,8-10,12,26H2,1H3,(H2,19,21,22). The molecule has 0 aliphatic carbocycles. The number of hydrogen-bond donors (Lipinski definition) is 1. The summed E-state index contributed by atoms with van der Waals surface area (Å²) in [6.45, 7) is 4.07. The van der Waals surface area contributed by atoms with Crippen LogP contribution in [0.5, 0.6) is 5.75 Å². The van der Waals surface area contributed by atoms with Crippen LogP contribution in [0.2, 0.25) is 0 Å². The third-order valence-electron chi connectivity index (χ3n) is 3.85. The Bertz CT molecular complexity index is 889. The first kappa shape index (κ1) is 19.9. The molecule has 144 valence electrons. The van der Waals surface area contributed by atoms with E-state index in [1.165, 1.54) is 11.8 Å². The van der Waals surface area contributed by atoms with Crippen LogP contribution in [-0.4, -0.2) is 39.1 Å². The molecule has 0 spiro atoms. The molecule has 1 atom stereocenters. The minimum Gasteiger partial charge on any atom is -0.492 e. The number of anilines is 1. The smallest absolute Gasteiger partial charge is 0.223 e. The van der Waals surface area contributed by atoms with Crippen LogP contribution in [-0.2, 0) is 11.3 Å². The highest BCUT2D eigenvalue weighted by atomic mass is 32.2. The molecule has 0 aliphatic rings. The van der Waals surface area contributed by atoms with Crippen molar-refractivity contribution in [3.8, 4) is 5.75 Å². The van der Waals surface area contributed by atoms with Crippen molar-refractivity contribution in [1.82, 2.24) is 19.5 Å². The predicted molar refractivity (Wildman–Crippen MR) is 111 cm³/mol. The molecule has 3 aromatic rings. The van der Waals surface area contributed by atoms with E-state index in [1.54, 1.807) is 6.33 Å². The number of fused-ring (bicyclic) bond motifs is 1. The van der Waals surface area contributed by atoms with Crippen molar-refractivity contribution in [3.63, 3.8) is 0 Å². The van der Waals surface area contributed by atoms with E-state index in [-0.39, 0.29) is 5.95 Å². The molecule has 1 aromatic carbocycles. The fourth-order valence-corrected chi connectivity index (χ4v) is 3.63. The molecule has 0 saturated carbocycles. The number of para-hydroxylation sites is 1. The summed E-state index contributed by atoms with van der Waals surface area (Å²) in [5, 5.41) is 0.717. The maximum absolute atomic E-state index is 5.96. The van der Waals surface area contributed by atoms with Gasteiger partial charge >= 0.3 is 0 Å². The van der Waals surface area contributed by atoms with Gasteiger partial charge in [-0.05, 0) is 18.6 Å². The molecule has 0 radical (unpaired) electrons. The molecule has 7 nitrogen and oxygen atoms in total. The molecule has 0 saturated heterocycles. The van der Waals surface area contributed by atoms with Crippen LogP contribution in [0.4, 0.5) is 5.95 Å². The summed E-state index contributed by atoms with van der Waals surface area (Å²) in [7, 11) is 2.54. The molecule has 2 heterocycles. The number of imidazole rings is 1. The quantitative estimate of drug-likeness (QED) is 0.313. The van der Waals surface area contributed by atoms with E-state index in [2.05, 4.69) is 31.1 Å². The van der Waals surface area contributed by atoms with E-state index < -0.39 is 0 Å². The Balaban J connectivity index is 1.87. The van der Waals surface area contributed by atoms with Crippen LogP contribution >= 0.6 is 21.0 Å². The number of hydrogen-bond acceptors (Lipinski definition) is 7. The molecule has 0 amide bonds. The molecule has 2 N–H and O–H groups in total. The monoisotopic (exact) mass is 405 g/mol. The number of aromatic nitrogens is 4. The maximum Gasteiger partial charge on any atom is 0.223 e. The van der Waals surface area contributed by atoms with Crippen LogP contribution in [0.1, 0.15) is 19.8 Å². The van der Waals surface area contributed by atoms with E-state index in [0.29, 0.717) is 31.8 Å². The van der Waals surface area contributed by atoms with Crippen molar-refractivity contribution in [3.05, 3.63) is 30.6 Å². The number of rotatable bonds is 10. The lowest BCUT2D eigenvalue weighted by atomic mass is 10.3. The van der Waals surface area contributed by atoms with E-state index in [4.69, 9.17) is 15.2 Å². The molecule has 2 aromatic heterocycles. The van der Waals surface area contributed by atoms with E-state index >= 15 is 0 Å². The van der Waals surface area contributed by atoms with Gasteiger partial charge in [-0.1, -0.05) is 37.2 Å². The third-order valence-corrected chi connectivity index (χ3v) is 5.13. The summed E-state index contributed by atoms with van der Waals surface area (Å²) in [6, 6.07) is 7.93. The zero-order valence-corrected chi connectivity index (χ0v) is 17.3. The minimum absolute atomic E-state index is 0.225. The van der Waals surface area contributed by atoms with Crippen LogP contribution in [0.3, 0.4) is 0 Å². The largest absolute Gasteiger partial charge is 0.492 e. The zero-order valence-electron chi connectivity index (χ0n) is 15.3. The number of unbranched alkanes of at least 4 members (excludes halogenated alkanes) is 1. The number of nitrogens with two attached hydrogens (primary N) is 1. The molecular weight excluding hydrogens is 381 g/mol. The van der Waals surface area contributed by atoms with Gasteiger partial charge in [0.05, 0.1) is 30.8 Å². The highest BCUT2D eigenvalue weighted by Gasteiger charge is 2.15. The topological polar surface area (TPSA) is 88.1 Å². The molecular formula is C18H24N5O2PS. The van der Waals surface area contributed by atoms with E-state index in [0.717, 1.165) is 34.0 Å². The average Bonchev–Trinajstić information content (AvgIpc) is 3.06. The molecule has 0 fully saturated rings. The molecule has 3 rings (SSSR count). The summed E-state index contributed by atoms with van der Waals surface area (Å²) in [4.78, 5) is 14.2. The highest BCUT2D eigenvalue weighted by molar-refractivity contribution is 7.99. The van der Waals surface area contributed by atoms with Gasteiger partial charge in [-0.2, -0.15) is 4.98 Å². The predicted octanol–water partition coefficient (Wildman–Crippen LogP) is 3.59. The SMILES string of the molecule is CCCCOc1ccccc1Sc1nc(N)nc2c1ncn2CCOCP. The average molecular weight is 405 g/mol. The Kier molecular flexibility index (Phi) is 7.26. The van der Waals surface area contributed by atoms with Crippen molar-refractivity contribution in [2.24, 2.45) is 0 Å². The second kappa shape index (κ2) is 9.88. The number of ether oxygens (including phenoxy) is 2. The zero-order chi connectivity index (χ0) is 19.1. The molecule has 1 unspecified atom stereocenters. The highest BCUT2D eigenvalue weighted by Crippen LogP contribution is 2.36. The minimum atomic E-state index is 0.225. The van der Waals surface area contributed by atoms with Gasteiger partial charge in [-0.15, -0.1) is 9.24 Å². The van der Waals surface area contributed by atoms with Gasteiger partial charge in [0.2, 0.25) is 5.95 Å². The summed E-state index contributed by atoms with van der Waals surface area (Å²) >= 11 is 1.49. The Hall–Kier alpha value is -1.89. The van der Waals surface area contributed by atoms with Gasteiger partial charge in [0, 0.05) is 6.54 Å². The summed E-state index contributed by atoms with van der Waals surface area (Å²) in [5.74, 6) is 1.07. The fourth-order valence-electron chi connectivity index (χ4n) is 2.50. The van der Waals surface area contributed by atoms with Crippen molar-refractivity contribution in [2.45, 2.75) is 36.2 Å². The molecule has 0 bridgehead atoms. The lowest BCUT2D eigenvalue weighted by Gasteiger charge is -2.11. The van der Waals surface area contributed by atoms with E-state index in [9.17, 15) is 0 Å². The number of benzene rings is 1. The summed E-state index contributed by atoms with van der Waals surface area (Å²) < 4.78 is 13.2. The molecule has 0 aliphatic heterocycles. The van der Waals surface area contributed by atoms with Crippen LogP contribution in [0, 0.1) is 0 Å². The van der Waals surface area contributed by atoms with Crippen molar-refractivity contribution in [2.75, 3.05) is 25.3 Å².